The Kier molecular flexibility index (Phi) is 5.83. The van der Waals surface area contributed by atoms with E-state index in [0.29, 0.717) is 11.4 Å². The maximum Gasteiger partial charge on any atom is 0.251 e. The minimum atomic E-state index is -0.0388. The first kappa shape index (κ1) is 19.0. The van der Waals surface area contributed by atoms with E-state index in [-0.39, 0.29) is 30.4 Å². The summed E-state index contributed by atoms with van der Waals surface area (Å²) < 4.78 is 0. The van der Waals surface area contributed by atoms with E-state index in [1.54, 1.807) is 0 Å². The standard InChI is InChI=1S/C19H20N6O.ClH/c20-16-9-10-17(11-16)21-19(26)15-7-3-13(4-8-15)12-1-5-14(6-2-12)18-22-24-25-23-18;/h1-8,16-17H,9-11,20H2,(H,21,26)(H,22,23,24,25);1H/t16-,17+;/m1./s1. The van der Waals surface area contributed by atoms with Crippen LogP contribution in [0.5, 0.6) is 0 Å². The summed E-state index contributed by atoms with van der Waals surface area (Å²) in [5.41, 5.74) is 9.57. The number of H-pyrrole nitrogens is 1. The molecule has 0 spiro atoms. The molecule has 7 nitrogen and oxygen atoms in total. The molecule has 1 aliphatic rings. The normalized spacial score (nSPS) is 18.7. The van der Waals surface area contributed by atoms with Gasteiger partial charge in [0.2, 0.25) is 5.82 Å². The van der Waals surface area contributed by atoms with Crippen LogP contribution in [0.15, 0.2) is 48.5 Å². The van der Waals surface area contributed by atoms with Crippen LogP contribution in [-0.2, 0) is 0 Å². The van der Waals surface area contributed by atoms with Crippen molar-refractivity contribution in [3.8, 4) is 22.5 Å². The third kappa shape index (κ3) is 4.32. The number of halogens is 1. The Hall–Kier alpha value is -2.77. The number of tetrazole rings is 1. The Morgan fingerprint density at radius 2 is 1.63 bits per heavy atom. The molecule has 4 rings (SSSR count). The van der Waals surface area contributed by atoms with Gasteiger partial charge in [0.15, 0.2) is 0 Å². The molecule has 2 atom stereocenters. The van der Waals surface area contributed by atoms with Crippen molar-refractivity contribution in [1.29, 1.82) is 0 Å². The van der Waals surface area contributed by atoms with Crippen LogP contribution in [0.1, 0.15) is 29.6 Å². The fraction of sp³-hybridized carbons (Fsp3) is 0.263. The van der Waals surface area contributed by atoms with E-state index in [2.05, 4.69) is 25.9 Å². The molecule has 1 aliphatic carbocycles. The highest BCUT2D eigenvalue weighted by Crippen LogP contribution is 2.23. The predicted octanol–water partition coefficient (Wildman–Crippen LogP) is 2.57. The Balaban J connectivity index is 0.00000210. The second-order valence-electron chi connectivity index (χ2n) is 6.63. The number of amides is 1. The maximum absolute atomic E-state index is 12.4. The monoisotopic (exact) mass is 384 g/mol. The highest BCUT2D eigenvalue weighted by atomic mass is 35.5. The van der Waals surface area contributed by atoms with Gasteiger partial charge in [-0.1, -0.05) is 36.4 Å². The number of hydrogen-bond donors (Lipinski definition) is 3. The van der Waals surface area contributed by atoms with Crippen LogP contribution in [0.25, 0.3) is 22.5 Å². The van der Waals surface area contributed by atoms with Gasteiger partial charge in [0.05, 0.1) is 0 Å². The molecule has 140 valence electrons. The number of carbonyl (C=O) groups is 1. The van der Waals surface area contributed by atoms with Crippen LogP contribution >= 0.6 is 12.4 Å². The van der Waals surface area contributed by atoms with Gasteiger partial charge in [-0.25, -0.2) is 0 Å². The van der Waals surface area contributed by atoms with Gasteiger partial charge in [0.1, 0.15) is 0 Å². The van der Waals surface area contributed by atoms with Gasteiger partial charge in [0, 0.05) is 23.2 Å². The molecule has 1 aromatic heterocycles. The van der Waals surface area contributed by atoms with Gasteiger partial charge in [-0.2, -0.15) is 5.21 Å². The summed E-state index contributed by atoms with van der Waals surface area (Å²) in [6.07, 6.45) is 2.79. The number of rotatable bonds is 4. The van der Waals surface area contributed by atoms with E-state index in [1.165, 1.54) is 0 Å². The average Bonchev–Trinajstić information content (AvgIpc) is 3.34. The summed E-state index contributed by atoms with van der Waals surface area (Å²) in [7, 11) is 0. The zero-order valence-corrected chi connectivity index (χ0v) is 15.4. The van der Waals surface area contributed by atoms with Crippen molar-refractivity contribution >= 4 is 18.3 Å². The Bertz CT molecular complexity index is 880. The Morgan fingerprint density at radius 1 is 1.00 bits per heavy atom. The second-order valence-corrected chi connectivity index (χ2v) is 6.63. The van der Waals surface area contributed by atoms with E-state index in [4.69, 9.17) is 5.73 Å². The van der Waals surface area contributed by atoms with Crippen LogP contribution in [-0.4, -0.2) is 38.6 Å². The van der Waals surface area contributed by atoms with Crippen molar-refractivity contribution < 1.29 is 4.79 Å². The third-order valence-electron chi connectivity index (χ3n) is 4.78. The molecule has 1 amide bonds. The van der Waals surface area contributed by atoms with Crippen molar-refractivity contribution in [2.75, 3.05) is 0 Å². The SMILES string of the molecule is Cl.N[C@@H]1CC[C@H](NC(=O)c2ccc(-c3ccc(-c4nn[nH]n4)cc3)cc2)C1. The Morgan fingerprint density at radius 3 is 2.19 bits per heavy atom. The summed E-state index contributed by atoms with van der Waals surface area (Å²) in [4.78, 5) is 12.4. The first-order chi connectivity index (χ1) is 12.7. The van der Waals surface area contributed by atoms with Crippen LogP contribution in [0.2, 0.25) is 0 Å². The third-order valence-corrected chi connectivity index (χ3v) is 4.78. The van der Waals surface area contributed by atoms with Crippen molar-refractivity contribution in [3.05, 3.63) is 54.1 Å². The highest BCUT2D eigenvalue weighted by Gasteiger charge is 2.23. The molecule has 1 heterocycles. The molecule has 2 aromatic carbocycles. The molecule has 0 radical (unpaired) electrons. The van der Waals surface area contributed by atoms with E-state index >= 15 is 0 Å². The number of nitrogens with zero attached hydrogens (tertiary/aromatic N) is 3. The van der Waals surface area contributed by atoms with Crippen molar-refractivity contribution in [1.82, 2.24) is 25.9 Å². The lowest BCUT2D eigenvalue weighted by atomic mass is 10.0. The number of nitrogens with one attached hydrogen (secondary N) is 2. The molecule has 0 aliphatic heterocycles. The molecule has 0 saturated heterocycles. The van der Waals surface area contributed by atoms with Gasteiger partial charge < -0.3 is 11.1 Å². The van der Waals surface area contributed by atoms with Crippen molar-refractivity contribution in [3.63, 3.8) is 0 Å². The fourth-order valence-electron chi connectivity index (χ4n) is 3.33. The zero-order chi connectivity index (χ0) is 17.9. The highest BCUT2D eigenvalue weighted by molar-refractivity contribution is 5.94. The quantitative estimate of drug-likeness (QED) is 0.640. The predicted molar refractivity (Wildman–Crippen MR) is 105 cm³/mol. The molecule has 3 aromatic rings. The second kappa shape index (κ2) is 8.28. The smallest absolute Gasteiger partial charge is 0.251 e. The number of nitrogens with two attached hydrogens (primary N) is 1. The fourth-order valence-corrected chi connectivity index (χ4v) is 3.33. The molecular formula is C19H21ClN6O. The van der Waals surface area contributed by atoms with Crippen LogP contribution in [0.4, 0.5) is 0 Å². The van der Waals surface area contributed by atoms with Crippen molar-refractivity contribution in [2.45, 2.75) is 31.3 Å². The lowest BCUT2D eigenvalue weighted by Crippen LogP contribution is -2.33. The summed E-state index contributed by atoms with van der Waals surface area (Å²) >= 11 is 0. The summed E-state index contributed by atoms with van der Waals surface area (Å²) in [6, 6.07) is 15.9. The topological polar surface area (TPSA) is 110 Å². The van der Waals surface area contributed by atoms with E-state index < -0.39 is 0 Å². The number of hydrogen-bond acceptors (Lipinski definition) is 5. The minimum absolute atomic E-state index is 0. The van der Waals surface area contributed by atoms with Gasteiger partial charge >= 0.3 is 0 Å². The minimum Gasteiger partial charge on any atom is -0.349 e. The molecule has 8 heteroatoms. The molecule has 0 bridgehead atoms. The van der Waals surface area contributed by atoms with E-state index in [1.807, 2.05) is 48.5 Å². The van der Waals surface area contributed by atoms with Crippen LogP contribution < -0.4 is 11.1 Å². The summed E-state index contributed by atoms with van der Waals surface area (Å²) in [5.74, 6) is 0.526. The number of aromatic amines is 1. The van der Waals surface area contributed by atoms with Gasteiger partial charge in [-0.3, -0.25) is 4.79 Å². The van der Waals surface area contributed by atoms with E-state index in [9.17, 15) is 4.79 Å². The van der Waals surface area contributed by atoms with Crippen molar-refractivity contribution in [2.24, 2.45) is 5.73 Å². The summed E-state index contributed by atoms with van der Waals surface area (Å²) in [6.45, 7) is 0. The molecule has 1 fully saturated rings. The molecule has 4 N–H and O–H groups in total. The first-order valence-corrected chi connectivity index (χ1v) is 8.70. The number of benzene rings is 2. The van der Waals surface area contributed by atoms with Gasteiger partial charge in [0.25, 0.3) is 5.91 Å². The maximum atomic E-state index is 12.4. The Labute approximate surface area is 163 Å². The largest absolute Gasteiger partial charge is 0.349 e. The molecule has 27 heavy (non-hydrogen) atoms. The van der Waals surface area contributed by atoms with Crippen LogP contribution in [0.3, 0.4) is 0 Å². The number of aromatic nitrogens is 4. The van der Waals surface area contributed by atoms with E-state index in [0.717, 1.165) is 36.0 Å². The molecule has 1 saturated carbocycles. The lowest BCUT2D eigenvalue weighted by molar-refractivity contribution is 0.0937. The number of carbonyl (C=O) groups excluding carboxylic acids is 1. The molecule has 0 unspecified atom stereocenters. The van der Waals surface area contributed by atoms with Gasteiger partial charge in [-0.15, -0.1) is 22.6 Å². The lowest BCUT2D eigenvalue weighted by Gasteiger charge is -2.12. The zero-order valence-electron chi connectivity index (χ0n) is 14.6. The molecular weight excluding hydrogens is 364 g/mol. The van der Waals surface area contributed by atoms with Gasteiger partial charge in [-0.05, 0) is 47.7 Å². The first-order valence-electron chi connectivity index (χ1n) is 8.70. The average molecular weight is 385 g/mol. The summed E-state index contributed by atoms with van der Waals surface area (Å²) in [5, 5.41) is 17.0. The van der Waals surface area contributed by atoms with Crippen LogP contribution in [0, 0.1) is 0 Å².